The molecule has 1 saturated carbocycles. The Morgan fingerprint density at radius 1 is 1.13 bits per heavy atom. The molecule has 1 fully saturated rings. The quantitative estimate of drug-likeness (QED) is 0.804. The number of nitrogen functional groups attached to an aromatic ring is 1. The molecule has 0 bridgehead atoms. The number of nitrogens with zero attached hydrogens (tertiary/aromatic N) is 4. The summed E-state index contributed by atoms with van der Waals surface area (Å²) < 4.78 is 15.3. The van der Waals surface area contributed by atoms with E-state index in [0.717, 1.165) is 29.2 Å². The molecular weight excluding hydrogens is 293 g/mol. The van der Waals surface area contributed by atoms with Crippen LogP contribution in [0.5, 0.6) is 0 Å². The van der Waals surface area contributed by atoms with Gasteiger partial charge in [0.15, 0.2) is 0 Å². The number of halogens is 1. The molecule has 2 heterocycles. The van der Waals surface area contributed by atoms with Gasteiger partial charge in [-0.25, -0.2) is 19.3 Å². The largest absolute Gasteiger partial charge is 0.368 e. The Hall–Kier alpha value is -2.76. The minimum atomic E-state index is -0.265. The lowest BCUT2D eigenvalue weighted by molar-refractivity contribution is 0.628. The number of nitrogens with two attached hydrogens (primary N) is 1. The van der Waals surface area contributed by atoms with E-state index in [2.05, 4.69) is 19.5 Å². The number of hydrogen-bond donors (Lipinski definition) is 1. The lowest BCUT2D eigenvalue weighted by atomic mass is 10.1. The molecule has 0 amide bonds. The Morgan fingerprint density at radius 3 is 2.61 bits per heavy atom. The van der Waals surface area contributed by atoms with Crippen LogP contribution in [-0.2, 0) is 6.54 Å². The van der Waals surface area contributed by atoms with E-state index in [1.165, 1.54) is 25.0 Å². The molecule has 0 atom stereocenters. The van der Waals surface area contributed by atoms with E-state index in [-0.39, 0.29) is 11.8 Å². The number of rotatable bonds is 4. The molecule has 0 unspecified atom stereocenters. The van der Waals surface area contributed by atoms with Crippen LogP contribution in [0.15, 0.2) is 42.9 Å². The summed E-state index contributed by atoms with van der Waals surface area (Å²) in [6.45, 7) is 0.910. The van der Waals surface area contributed by atoms with Crippen molar-refractivity contribution in [1.29, 1.82) is 0 Å². The SMILES string of the molecule is Nc1nccc(-c2c(-c3ccc(F)cc3)ncn2CC2CC2)n1. The maximum absolute atomic E-state index is 13.2. The van der Waals surface area contributed by atoms with Crippen LogP contribution in [0.3, 0.4) is 0 Å². The number of aromatic nitrogens is 4. The first-order chi connectivity index (χ1) is 11.2. The predicted molar refractivity (Wildman–Crippen MR) is 85.8 cm³/mol. The third-order valence-electron chi connectivity index (χ3n) is 4.02. The van der Waals surface area contributed by atoms with Gasteiger partial charge < -0.3 is 10.3 Å². The van der Waals surface area contributed by atoms with Crippen LogP contribution in [0.4, 0.5) is 10.3 Å². The Morgan fingerprint density at radius 2 is 1.91 bits per heavy atom. The van der Waals surface area contributed by atoms with E-state index >= 15 is 0 Å². The average Bonchev–Trinajstić information content (AvgIpc) is 3.26. The van der Waals surface area contributed by atoms with Crippen molar-refractivity contribution in [2.75, 3.05) is 5.73 Å². The molecule has 0 saturated heterocycles. The second kappa shape index (κ2) is 5.46. The van der Waals surface area contributed by atoms with E-state index in [1.807, 2.05) is 12.4 Å². The van der Waals surface area contributed by atoms with E-state index < -0.39 is 0 Å². The number of imidazole rings is 1. The highest BCUT2D eigenvalue weighted by Gasteiger charge is 2.25. The molecule has 5 nitrogen and oxygen atoms in total. The van der Waals surface area contributed by atoms with Crippen LogP contribution in [0, 0.1) is 11.7 Å². The van der Waals surface area contributed by atoms with Crippen molar-refractivity contribution in [2.45, 2.75) is 19.4 Å². The molecule has 0 radical (unpaired) electrons. The van der Waals surface area contributed by atoms with Crippen LogP contribution >= 0.6 is 0 Å². The van der Waals surface area contributed by atoms with Gasteiger partial charge in [-0.1, -0.05) is 0 Å². The van der Waals surface area contributed by atoms with Gasteiger partial charge in [0.1, 0.15) is 5.82 Å². The van der Waals surface area contributed by atoms with Crippen molar-refractivity contribution in [3.05, 3.63) is 48.7 Å². The van der Waals surface area contributed by atoms with Crippen molar-refractivity contribution < 1.29 is 4.39 Å². The van der Waals surface area contributed by atoms with Crippen LogP contribution < -0.4 is 5.73 Å². The molecule has 0 spiro atoms. The highest BCUT2D eigenvalue weighted by Crippen LogP contribution is 2.35. The zero-order chi connectivity index (χ0) is 15.8. The second-order valence-electron chi connectivity index (χ2n) is 5.84. The molecule has 23 heavy (non-hydrogen) atoms. The molecule has 3 aromatic rings. The molecule has 116 valence electrons. The molecule has 1 aromatic carbocycles. The van der Waals surface area contributed by atoms with Gasteiger partial charge in [-0.05, 0) is 49.1 Å². The molecule has 1 aliphatic carbocycles. The van der Waals surface area contributed by atoms with E-state index in [9.17, 15) is 4.39 Å². The standard InChI is InChI=1S/C17H16FN5/c18-13-5-3-12(4-6-13)15-16(14-7-8-20-17(19)22-14)23(10-21-15)9-11-1-2-11/h3-8,10-11H,1-2,9H2,(H2,19,20,22). The molecule has 6 heteroatoms. The average molecular weight is 309 g/mol. The first kappa shape index (κ1) is 13.9. The van der Waals surface area contributed by atoms with Crippen molar-refractivity contribution >= 4 is 5.95 Å². The third-order valence-corrected chi connectivity index (χ3v) is 4.02. The van der Waals surface area contributed by atoms with Crippen molar-refractivity contribution in [3.8, 4) is 22.6 Å². The summed E-state index contributed by atoms with van der Waals surface area (Å²) in [5.41, 5.74) is 9.00. The molecule has 0 aliphatic heterocycles. The first-order valence-corrected chi connectivity index (χ1v) is 7.60. The summed E-state index contributed by atoms with van der Waals surface area (Å²) in [6, 6.07) is 8.16. The summed E-state index contributed by atoms with van der Waals surface area (Å²) in [5, 5.41) is 0. The topological polar surface area (TPSA) is 69.6 Å². The van der Waals surface area contributed by atoms with Crippen molar-refractivity contribution in [1.82, 2.24) is 19.5 Å². The van der Waals surface area contributed by atoms with Gasteiger partial charge in [0.05, 0.1) is 23.4 Å². The predicted octanol–water partition coefficient (Wildman–Crippen LogP) is 3.14. The fraction of sp³-hybridized carbons (Fsp3) is 0.235. The fourth-order valence-corrected chi connectivity index (χ4v) is 2.69. The monoisotopic (exact) mass is 309 g/mol. The lowest BCUT2D eigenvalue weighted by Gasteiger charge is -2.09. The van der Waals surface area contributed by atoms with Gasteiger partial charge in [-0.15, -0.1) is 0 Å². The maximum Gasteiger partial charge on any atom is 0.220 e. The summed E-state index contributed by atoms with van der Waals surface area (Å²) >= 11 is 0. The highest BCUT2D eigenvalue weighted by atomic mass is 19.1. The first-order valence-electron chi connectivity index (χ1n) is 7.60. The molecule has 2 N–H and O–H groups in total. The van der Waals surface area contributed by atoms with Gasteiger partial charge in [0.2, 0.25) is 5.95 Å². The number of hydrogen-bond acceptors (Lipinski definition) is 4. The summed E-state index contributed by atoms with van der Waals surface area (Å²) in [4.78, 5) is 12.8. The Bertz CT molecular complexity index is 836. The van der Waals surface area contributed by atoms with Crippen molar-refractivity contribution in [2.24, 2.45) is 5.92 Å². The minimum Gasteiger partial charge on any atom is -0.368 e. The Labute approximate surface area is 133 Å². The smallest absolute Gasteiger partial charge is 0.220 e. The van der Waals surface area contributed by atoms with Gasteiger partial charge >= 0.3 is 0 Å². The Balaban J connectivity index is 1.85. The summed E-state index contributed by atoms with van der Waals surface area (Å²) in [7, 11) is 0. The lowest BCUT2D eigenvalue weighted by Crippen LogP contribution is -2.03. The van der Waals surface area contributed by atoms with E-state index in [0.29, 0.717) is 5.92 Å². The number of anilines is 1. The van der Waals surface area contributed by atoms with Crippen LogP contribution in [-0.4, -0.2) is 19.5 Å². The van der Waals surface area contributed by atoms with Crippen LogP contribution in [0.2, 0.25) is 0 Å². The Kier molecular flexibility index (Phi) is 3.29. The normalized spacial score (nSPS) is 14.1. The van der Waals surface area contributed by atoms with Gasteiger partial charge in [0, 0.05) is 18.3 Å². The molecule has 2 aromatic heterocycles. The third kappa shape index (κ3) is 2.79. The fourth-order valence-electron chi connectivity index (χ4n) is 2.69. The zero-order valence-corrected chi connectivity index (χ0v) is 12.5. The van der Waals surface area contributed by atoms with E-state index in [4.69, 9.17) is 5.73 Å². The van der Waals surface area contributed by atoms with Crippen LogP contribution in [0.25, 0.3) is 22.6 Å². The summed E-state index contributed by atoms with van der Waals surface area (Å²) in [5.74, 6) is 0.661. The highest BCUT2D eigenvalue weighted by molar-refractivity contribution is 5.77. The summed E-state index contributed by atoms with van der Waals surface area (Å²) in [6.07, 6.45) is 5.95. The van der Waals surface area contributed by atoms with Gasteiger partial charge in [0.25, 0.3) is 0 Å². The molecular formula is C17H16FN5. The van der Waals surface area contributed by atoms with Crippen LogP contribution in [0.1, 0.15) is 12.8 Å². The van der Waals surface area contributed by atoms with Crippen molar-refractivity contribution in [3.63, 3.8) is 0 Å². The maximum atomic E-state index is 13.2. The number of benzene rings is 1. The second-order valence-corrected chi connectivity index (χ2v) is 5.84. The molecule has 4 rings (SSSR count). The van der Waals surface area contributed by atoms with Gasteiger partial charge in [-0.2, -0.15) is 0 Å². The van der Waals surface area contributed by atoms with Gasteiger partial charge in [-0.3, -0.25) is 0 Å². The van der Waals surface area contributed by atoms with E-state index in [1.54, 1.807) is 18.3 Å². The minimum absolute atomic E-state index is 0.228. The molecule has 1 aliphatic rings. The zero-order valence-electron chi connectivity index (χ0n) is 12.5.